The molecule has 0 bridgehead atoms. The van der Waals surface area contributed by atoms with Gasteiger partial charge in [-0.3, -0.25) is 14.9 Å². The number of hydrogen-bond donors (Lipinski definition) is 2. The molecule has 0 saturated carbocycles. The molecule has 2 amide bonds. The van der Waals surface area contributed by atoms with Crippen LogP contribution in [0.5, 0.6) is 5.75 Å². The van der Waals surface area contributed by atoms with Gasteiger partial charge in [0.25, 0.3) is 11.8 Å². The first-order chi connectivity index (χ1) is 14.0. The number of hydrogen-bond acceptors (Lipinski definition) is 4. The number of benzene rings is 2. The Balaban J connectivity index is 1.94. The Labute approximate surface area is 166 Å². The van der Waals surface area contributed by atoms with E-state index in [4.69, 9.17) is 9.84 Å². The van der Waals surface area contributed by atoms with Gasteiger partial charge in [0.15, 0.2) is 0 Å². The lowest BCUT2D eigenvalue weighted by molar-refractivity contribution is -0.122. The van der Waals surface area contributed by atoms with Gasteiger partial charge < -0.3 is 14.4 Å². The molecule has 0 unspecified atom stereocenters. The topological polar surface area (TPSA) is 80.6 Å². The third kappa shape index (κ3) is 3.30. The second kappa shape index (κ2) is 7.52. The fourth-order valence-corrected chi connectivity index (χ4v) is 3.62. The number of nitrogens with one attached hydrogen (secondary N) is 1. The molecule has 1 aromatic heterocycles. The van der Waals surface area contributed by atoms with Crippen molar-refractivity contribution in [2.24, 2.45) is 0 Å². The number of carbonyl (C=O) groups is 2. The molecule has 0 aliphatic carbocycles. The minimum atomic E-state index is -0.522. The van der Waals surface area contributed by atoms with Crippen LogP contribution in [-0.4, -0.2) is 34.7 Å². The summed E-state index contributed by atoms with van der Waals surface area (Å²) >= 11 is 0. The quantitative estimate of drug-likeness (QED) is 0.630. The summed E-state index contributed by atoms with van der Waals surface area (Å²) in [6.07, 6.45) is 1.77. The number of fused-ring (bicyclic) bond motifs is 1. The molecule has 1 aliphatic heterocycles. The van der Waals surface area contributed by atoms with Crippen molar-refractivity contribution < 1.29 is 23.8 Å². The van der Waals surface area contributed by atoms with Crippen LogP contribution < -0.4 is 10.1 Å². The summed E-state index contributed by atoms with van der Waals surface area (Å²) in [7, 11) is 0. The molecule has 2 N–H and O–H groups in total. The van der Waals surface area contributed by atoms with Gasteiger partial charge in [-0.15, -0.1) is 0 Å². The van der Waals surface area contributed by atoms with E-state index in [1.807, 2.05) is 11.5 Å². The van der Waals surface area contributed by atoms with Crippen molar-refractivity contribution in [3.8, 4) is 5.75 Å². The largest absolute Gasteiger partial charge is 0.491 e. The van der Waals surface area contributed by atoms with Crippen LogP contribution in [0.4, 0.5) is 4.39 Å². The van der Waals surface area contributed by atoms with Gasteiger partial charge >= 0.3 is 0 Å². The molecular weight excluding hydrogens is 375 g/mol. The molecule has 7 heteroatoms. The van der Waals surface area contributed by atoms with Crippen LogP contribution in [0.1, 0.15) is 18.1 Å². The monoisotopic (exact) mass is 394 g/mol. The van der Waals surface area contributed by atoms with Gasteiger partial charge in [-0.05, 0) is 42.8 Å². The van der Waals surface area contributed by atoms with Crippen LogP contribution in [-0.2, 0) is 16.1 Å². The van der Waals surface area contributed by atoms with Crippen molar-refractivity contribution in [2.45, 2.75) is 13.5 Å². The van der Waals surface area contributed by atoms with Gasteiger partial charge in [0.2, 0.25) is 0 Å². The van der Waals surface area contributed by atoms with Crippen molar-refractivity contribution in [1.29, 1.82) is 0 Å². The van der Waals surface area contributed by atoms with Crippen molar-refractivity contribution in [2.75, 3.05) is 13.2 Å². The van der Waals surface area contributed by atoms with Crippen molar-refractivity contribution in [3.63, 3.8) is 0 Å². The summed E-state index contributed by atoms with van der Waals surface area (Å²) < 4.78 is 21.3. The minimum Gasteiger partial charge on any atom is -0.491 e. The second-order valence-electron chi connectivity index (χ2n) is 6.62. The highest BCUT2D eigenvalue weighted by Gasteiger charge is 2.34. The molecule has 0 radical (unpaired) electrons. The van der Waals surface area contributed by atoms with Crippen LogP contribution in [0.2, 0.25) is 0 Å². The highest BCUT2D eigenvalue weighted by molar-refractivity contribution is 6.50. The zero-order valence-electron chi connectivity index (χ0n) is 15.7. The average Bonchev–Trinajstić information content (AvgIpc) is 3.21. The van der Waals surface area contributed by atoms with Gasteiger partial charge in [-0.1, -0.05) is 12.1 Å². The number of nitrogens with zero attached hydrogens (tertiary/aromatic N) is 1. The maximum absolute atomic E-state index is 14.0. The SMILES string of the molecule is CCn1cc(C2=C(c3cccc(OCCO)c3)C(=O)NC2=O)c2cc(F)ccc21. The lowest BCUT2D eigenvalue weighted by Crippen LogP contribution is -2.22. The van der Waals surface area contributed by atoms with E-state index in [1.54, 1.807) is 36.5 Å². The number of ether oxygens (including phenoxy) is 1. The Kier molecular flexibility index (Phi) is 4.90. The summed E-state index contributed by atoms with van der Waals surface area (Å²) in [5.41, 5.74) is 2.21. The summed E-state index contributed by atoms with van der Waals surface area (Å²) in [6.45, 7) is 2.55. The summed E-state index contributed by atoms with van der Waals surface area (Å²) in [5.74, 6) is -0.985. The Morgan fingerprint density at radius 1 is 1.10 bits per heavy atom. The summed E-state index contributed by atoms with van der Waals surface area (Å²) in [5, 5.41) is 11.9. The zero-order valence-corrected chi connectivity index (χ0v) is 15.7. The molecule has 0 atom stereocenters. The normalized spacial score (nSPS) is 14.0. The maximum Gasteiger partial charge on any atom is 0.259 e. The maximum atomic E-state index is 14.0. The van der Waals surface area contributed by atoms with Gasteiger partial charge in [-0.2, -0.15) is 0 Å². The predicted molar refractivity (Wildman–Crippen MR) is 107 cm³/mol. The lowest BCUT2D eigenvalue weighted by atomic mass is 9.96. The minimum absolute atomic E-state index is 0.115. The van der Waals surface area contributed by atoms with Crippen molar-refractivity contribution >= 4 is 33.9 Å². The van der Waals surface area contributed by atoms with Crippen LogP contribution in [0.3, 0.4) is 0 Å². The first kappa shape index (κ1) is 18.9. The molecule has 148 valence electrons. The van der Waals surface area contributed by atoms with Gasteiger partial charge in [0, 0.05) is 29.2 Å². The van der Waals surface area contributed by atoms with Crippen molar-refractivity contribution in [3.05, 3.63) is 65.6 Å². The second-order valence-corrected chi connectivity index (χ2v) is 6.62. The van der Waals surface area contributed by atoms with Gasteiger partial charge in [-0.25, -0.2) is 4.39 Å². The first-order valence-corrected chi connectivity index (χ1v) is 9.26. The van der Waals surface area contributed by atoms with E-state index in [0.717, 1.165) is 5.52 Å². The van der Waals surface area contributed by atoms with E-state index in [2.05, 4.69) is 5.32 Å². The number of rotatable bonds is 6. The highest BCUT2D eigenvalue weighted by atomic mass is 19.1. The van der Waals surface area contributed by atoms with E-state index in [-0.39, 0.29) is 24.4 Å². The van der Waals surface area contributed by atoms with E-state index < -0.39 is 17.6 Å². The number of amides is 2. The lowest BCUT2D eigenvalue weighted by Gasteiger charge is -2.08. The van der Waals surface area contributed by atoms with Crippen LogP contribution >= 0.6 is 0 Å². The standard InChI is InChI=1S/C22H19FN2O4/c1-2-25-12-17(16-11-14(23)6-7-18(16)25)20-19(21(27)24-22(20)28)13-4-3-5-15(10-13)29-9-8-26/h3-7,10-12,26H,2,8-9H2,1H3,(H,24,27,28). The van der Waals surface area contributed by atoms with E-state index >= 15 is 0 Å². The average molecular weight is 394 g/mol. The molecule has 2 heterocycles. The Morgan fingerprint density at radius 2 is 1.90 bits per heavy atom. The number of aromatic nitrogens is 1. The number of carbonyl (C=O) groups excluding carboxylic acids is 2. The highest BCUT2D eigenvalue weighted by Crippen LogP contribution is 2.37. The number of aryl methyl sites for hydroxylation is 1. The van der Waals surface area contributed by atoms with Crippen LogP contribution in [0, 0.1) is 5.82 Å². The Morgan fingerprint density at radius 3 is 2.66 bits per heavy atom. The number of halogens is 1. The van der Waals surface area contributed by atoms with Gasteiger partial charge in [0.05, 0.1) is 17.8 Å². The molecule has 0 spiro atoms. The third-order valence-corrected chi connectivity index (χ3v) is 4.87. The number of aliphatic hydroxyl groups excluding tert-OH is 1. The van der Waals surface area contributed by atoms with Crippen LogP contribution in [0.15, 0.2) is 48.7 Å². The van der Waals surface area contributed by atoms with Crippen LogP contribution in [0.25, 0.3) is 22.0 Å². The number of aliphatic hydroxyl groups is 1. The van der Waals surface area contributed by atoms with E-state index in [1.165, 1.54) is 12.1 Å². The Bertz CT molecular complexity index is 1160. The predicted octanol–water partition coefficient (Wildman–Crippen LogP) is 2.74. The molecule has 2 aromatic carbocycles. The van der Waals surface area contributed by atoms with E-state index in [0.29, 0.717) is 28.8 Å². The number of imide groups is 1. The molecule has 0 fully saturated rings. The smallest absolute Gasteiger partial charge is 0.259 e. The van der Waals surface area contributed by atoms with Crippen molar-refractivity contribution in [1.82, 2.24) is 9.88 Å². The van der Waals surface area contributed by atoms with E-state index in [9.17, 15) is 14.0 Å². The van der Waals surface area contributed by atoms with Gasteiger partial charge in [0.1, 0.15) is 18.2 Å². The molecule has 0 saturated heterocycles. The first-order valence-electron chi connectivity index (χ1n) is 9.26. The molecular formula is C22H19FN2O4. The summed E-state index contributed by atoms with van der Waals surface area (Å²) in [4.78, 5) is 25.3. The molecule has 6 nitrogen and oxygen atoms in total. The zero-order chi connectivity index (χ0) is 20.5. The molecule has 4 rings (SSSR count). The fourth-order valence-electron chi connectivity index (χ4n) is 3.62. The molecule has 29 heavy (non-hydrogen) atoms. The molecule has 1 aliphatic rings. The summed E-state index contributed by atoms with van der Waals surface area (Å²) in [6, 6.07) is 11.2. The third-order valence-electron chi connectivity index (χ3n) is 4.87. The molecule has 3 aromatic rings. The Hall–Kier alpha value is -3.45. The fraction of sp³-hybridized carbons (Fsp3) is 0.182.